The van der Waals surface area contributed by atoms with Crippen LogP contribution in [0.15, 0.2) is 30.6 Å². The maximum Gasteiger partial charge on any atom is 0.320 e. The first-order valence-electron chi connectivity index (χ1n) is 12.6. The number of piperidine rings is 1. The average molecular weight is 480 g/mol. The first-order valence-corrected chi connectivity index (χ1v) is 12.6. The molecular formula is C27H31F2N5O. The molecule has 5 heterocycles. The Labute approximate surface area is 203 Å². The number of rotatable bonds is 2. The van der Waals surface area contributed by atoms with Crippen molar-refractivity contribution in [2.45, 2.75) is 57.5 Å². The van der Waals surface area contributed by atoms with Crippen molar-refractivity contribution in [1.29, 1.82) is 0 Å². The Morgan fingerprint density at radius 1 is 1.11 bits per heavy atom. The van der Waals surface area contributed by atoms with Gasteiger partial charge in [-0.3, -0.25) is 0 Å². The van der Waals surface area contributed by atoms with Gasteiger partial charge < -0.3 is 20.1 Å². The number of aryl methyl sites for hydroxylation is 1. The minimum absolute atomic E-state index is 0.113. The van der Waals surface area contributed by atoms with Crippen molar-refractivity contribution in [2.75, 3.05) is 26.2 Å². The standard InChI is InChI=1S/C27H31F2N5O/c1-17-14-31-25-21(17)13-20(15-32-25)19-11-18-4-8-34(26(35)33-9-5-27(28,29)6-10-33)16-23(18)22(12-19)24-3-2-7-30-24/h11-15,24,30H,2-10,16H2,1H3,(H,31,32). The van der Waals surface area contributed by atoms with E-state index in [4.69, 9.17) is 0 Å². The number of urea groups is 1. The van der Waals surface area contributed by atoms with Crippen molar-refractivity contribution in [1.82, 2.24) is 25.1 Å². The highest BCUT2D eigenvalue weighted by molar-refractivity contribution is 5.84. The second-order valence-corrected chi connectivity index (χ2v) is 10.2. The minimum Gasteiger partial charge on any atom is -0.346 e. The van der Waals surface area contributed by atoms with Gasteiger partial charge in [-0.05, 0) is 72.7 Å². The average Bonchev–Trinajstić information content (AvgIpc) is 3.53. The molecule has 184 valence electrons. The Morgan fingerprint density at radius 3 is 2.71 bits per heavy atom. The van der Waals surface area contributed by atoms with Gasteiger partial charge in [0.2, 0.25) is 0 Å². The van der Waals surface area contributed by atoms with E-state index in [9.17, 15) is 13.6 Å². The van der Waals surface area contributed by atoms with E-state index in [0.29, 0.717) is 13.1 Å². The van der Waals surface area contributed by atoms with Crippen LogP contribution in [0.3, 0.4) is 0 Å². The minimum atomic E-state index is -2.65. The summed E-state index contributed by atoms with van der Waals surface area (Å²) in [6.45, 7) is 4.46. The van der Waals surface area contributed by atoms with E-state index in [0.717, 1.165) is 48.0 Å². The maximum absolute atomic E-state index is 13.6. The third-order valence-corrected chi connectivity index (χ3v) is 7.92. The van der Waals surface area contributed by atoms with Gasteiger partial charge in [-0.2, -0.15) is 0 Å². The van der Waals surface area contributed by atoms with Crippen molar-refractivity contribution in [3.8, 4) is 11.1 Å². The molecule has 8 heteroatoms. The van der Waals surface area contributed by atoms with Crippen molar-refractivity contribution >= 4 is 17.1 Å². The number of halogens is 2. The van der Waals surface area contributed by atoms with E-state index in [1.807, 2.05) is 17.3 Å². The van der Waals surface area contributed by atoms with Crippen LogP contribution in [0.2, 0.25) is 0 Å². The number of hydrogen-bond acceptors (Lipinski definition) is 3. The van der Waals surface area contributed by atoms with Gasteiger partial charge in [-0.25, -0.2) is 18.6 Å². The predicted molar refractivity (Wildman–Crippen MR) is 132 cm³/mol. The van der Waals surface area contributed by atoms with Gasteiger partial charge in [0, 0.05) is 68.4 Å². The Balaban J connectivity index is 1.32. The number of carbonyl (C=O) groups is 1. The van der Waals surface area contributed by atoms with Crippen molar-refractivity contribution in [2.24, 2.45) is 0 Å². The summed E-state index contributed by atoms with van der Waals surface area (Å²) in [5, 5.41) is 4.76. The number of amides is 2. The van der Waals surface area contributed by atoms with E-state index in [1.54, 1.807) is 4.90 Å². The molecule has 2 aromatic heterocycles. The van der Waals surface area contributed by atoms with Crippen LogP contribution in [0.4, 0.5) is 13.6 Å². The molecule has 1 atom stereocenters. The number of H-pyrrole nitrogens is 1. The zero-order valence-electron chi connectivity index (χ0n) is 20.0. The summed E-state index contributed by atoms with van der Waals surface area (Å²) in [6.07, 6.45) is 6.38. The highest BCUT2D eigenvalue weighted by Crippen LogP contribution is 2.37. The van der Waals surface area contributed by atoms with Gasteiger partial charge in [0.1, 0.15) is 5.65 Å². The molecule has 3 aliphatic heterocycles. The molecule has 6 nitrogen and oxygen atoms in total. The lowest BCUT2D eigenvalue weighted by Gasteiger charge is -2.38. The van der Waals surface area contributed by atoms with Crippen molar-refractivity contribution < 1.29 is 13.6 Å². The number of nitrogens with zero attached hydrogens (tertiary/aromatic N) is 3. The molecule has 3 aliphatic rings. The van der Waals surface area contributed by atoms with Crippen LogP contribution in [-0.4, -0.2) is 57.9 Å². The first-order chi connectivity index (χ1) is 16.9. The molecule has 1 unspecified atom stereocenters. The molecule has 0 saturated carbocycles. The molecule has 35 heavy (non-hydrogen) atoms. The molecule has 2 fully saturated rings. The Kier molecular flexibility index (Phi) is 5.51. The Morgan fingerprint density at radius 2 is 1.94 bits per heavy atom. The molecule has 2 N–H and O–H groups in total. The summed E-state index contributed by atoms with van der Waals surface area (Å²) < 4.78 is 27.2. The van der Waals surface area contributed by atoms with Gasteiger partial charge in [-0.1, -0.05) is 6.07 Å². The second kappa shape index (κ2) is 8.59. The molecule has 0 bridgehead atoms. The summed E-state index contributed by atoms with van der Waals surface area (Å²) in [4.78, 5) is 24.5. The fourth-order valence-electron chi connectivity index (χ4n) is 5.81. The number of alkyl halides is 2. The van der Waals surface area contributed by atoms with Crippen LogP contribution in [0.25, 0.3) is 22.2 Å². The van der Waals surface area contributed by atoms with E-state index < -0.39 is 5.92 Å². The van der Waals surface area contributed by atoms with Gasteiger partial charge in [0.15, 0.2) is 0 Å². The SMILES string of the molecule is Cc1c[nH]c2ncc(-c3cc4c(c(C5CCCN5)c3)CN(C(=O)N3CCC(F)(F)CC3)CC4)cc12. The molecular weight excluding hydrogens is 448 g/mol. The number of carbonyl (C=O) groups excluding carboxylic acids is 1. The number of pyridine rings is 1. The quantitative estimate of drug-likeness (QED) is 0.533. The van der Waals surface area contributed by atoms with Gasteiger partial charge >= 0.3 is 6.03 Å². The van der Waals surface area contributed by atoms with E-state index in [-0.39, 0.29) is 38.0 Å². The molecule has 0 radical (unpaired) electrons. The van der Waals surface area contributed by atoms with Crippen LogP contribution in [0, 0.1) is 6.92 Å². The third-order valence-electron chi connectivity index (χ3n) is 7.92. The van der Waals surface area contributed by atoms with Crippen LogP contribution < -0.4 is 5.32 Å². The summed E-state index contributed by atoms with van der Waals surface area (Å²) >= 11 is 0. The van der Waals surface area contributed by atoms with Crippen molar-refractivity contribution in [3.63, 3.8) is 0 Å². The summed E-state index contributed by atoms with van der Waals surface area (Å²) in [6, 6.07) is 6.87. The zero-order valence-corrected chi connectivity index (χ0v) is 20.0. The number of fused-ring (bicyclic) bond motifs is 2. The molecule has 3 aromatic rings. The first kappa shape index (κ1) is 22.5. The normalized spacial score (nSPS) is 22.0. The lowest BCUT2D eigenvalue weighted by Crippen LogP contribution is -2.50. The lowest BCUT2D eigenvalue weighted by atomic mass is 9.87. The third kappa shape index (κ3) is 4.18. The Bertz CT molecular complexity index is 1270. The topological polar surface area (TPSA) is 64.3 Å². The highest BCUT2D eigenvalue weighted by atomic mass is 19.3. The smallest absolute Gasteiger partial charge is 0.320 e. The van der Waals surface area contributed by atoms with E-state index >= 15 is 0 Å². The fourth-order valence-corrected chi connectivity index (χ4v) is 5.81. The van der Waals surface area contributed by atoms with Gasteiger partial charge in [0.05, 0.1) is 0 Å². The fraction of sp³-hybridized carbons (Fsp3) is 0.481. The molecule has 2 amide bonds. The largest absolute Gasteiger partial charge is 0.346 e. The maximum atomic E-state index is 13.6. The monoisotopic (exact) mass is 479 g/mol. The molecule has 1 aromatic carbocycles. The zero-order chi connectivity index (χ0) is 24.2. The van der Waals surface area contributed by atoms with Gasteiger partial charge in [-0.15, -0.1) is 0 Å². The molecule has 6 rings (SSSR count). The number of aromatic amines is 1. The van der Waals surface area contributed by atoms with Crippen LogP contribution in [0.1, 0.15) is 54.0 Å². The molecule has 2 saturated heterocycles. The summed E-state index contributed by atoms with van der Waals surface area (Å²) in [7, 11) is 0. The number of likely N-dealkylation sites (tertiary alicyclic amines) is 1. The van der Waals surface area contributed by atoms with Crippen molar-refractivity contribution in [3.05, 3.63) is 52.8 Å². The molecule has 0 aliphatic carbocycles. The molecule has 0 spiro atoms. The summed E-state index contributed by atoms with van der Waals surface area (Å²) in [5.74, 6) is -2.65. The Hall–Kier alpha value is -3.00. The number of benzene rings is 1. The van der Waals surface area contributed by atoms with Crippen LogP contribution in [0.5, 0.6) is 0 Å². The number of aromatic nitrogens is 2. The van der Waals surface area contributed by atoms with Crippen LogP contribution >= 0.6 is 0 Å². The van der Waals surface area contributed by atoms with Crippen LogP contribution in [-0.2, 0) is 13.0 Å². The van der Waals surface area contributed by atoms with E-state index in [2.05, 4.69) is 40.4 Å². The lowest BCUT2D eigenvalue weighted by molar-refractivity contribution is -0.0493. The predicted octanol–water partition coefficient (Wildman–Crippen LogP) is 5.17. The van der Waals surface area contributed by atoms with Gasteiger partial charge in [0.25, 0.3) is 5.92 Å². The summed E-state index contributed by atoms with van der Waals surface area (Å²) in [5.41, 5.74) is 8.05. The number of nitrogens with one attached hydrogen (secondary N) is 2. The number of hydrogen-bond donors (Lipinski definition) is 2. The highest BCUT2D eigenvalue weighted by Gasteiger charge is 2.37. The van der Waals surface area contributed by atoms with E-state index in [1.165, 1.54) is 22.3 Å². The second-order valence-electron chi connectivity index (χ2n) is 10.2.